The van der Waals surface area contributed by atoms with E-state index in [1.54, 1.807) is 0 Å². The maximum absolute atomic E-state index is 2.61. The minimum Gasteiger partial charge on any atom is -0.303 e. The molecule has 0 aromatic heterocycles. The van der Waals surface area contributed by atoms with E-state index in [1.807, 2.05) is 0 Å². The summed E-state index contributed by atoms with van der Waals surface area (Å²) in [4.78, 5) is 2.61. The molecule has 0 spiro atoms. The molecule has 0 unspecified atom stereocenters. The number of rotatable bonds is 3. The van der Waals surface area contributed by atoms with E-state index in [0.29, 0.717) is 0 Å². The lowest BCUT2D eigenvalue weighted by molar-refractivity contribution is 0.193. The summed E-state index contributed by atoms with van der Waals surface area (Å²) in [5.41, 5.74) is 0. The van der Waals surface area contributed by atoms with E-state index in [9.17, 15) is 0 Å². The van der Waals surface area contributed by atoms with Crippen molar-refractivity contribution in [1.29, 1.82) is 0 Å². The number of likely N-dealkylation sites (tertiary alicyclic amines) is 1. The second kappa shape index (κ2) is 4.81. The molecule has 1 heterocycles. The molecule has 1 aliphatic heterocycles. The van der Waals surface area contributed by atoms with Gasteiger partial charge in [-0.2, -0.15) is 0 Å². The van der Waals surface area contributed by atoms with Crippen LogP contribution in [0.1, 0.15) is 26.2 Å². The molecule has 0 aromatic carbocycles. The van der Waals surface area contributed by atoms with Crippen molar-refractivity contribution in [2.45, 2.75) is 32.5 Å². The van der Waals surface area contributed by atoms with E-state index in [2.05, 4.69) is 19.7 Å². The lowest BCUT2D eigenvalue weighted by Gasteiger charge is -2.29. The Kier molecular flexibility index (Phi) is 3.99. The first-order chi connectivity index (χ1) is 5.33. The molecule has 0 N–H and O–H groups in total. The van der Waals surface area contributed by atoms with Crippen LogP contribution >= 0.6 is 0 Å². The fraction of sp³-hybridized carbons (Fsp3) is 1.00. The summed E-state index contributed by atoms with van der Waals surface area (Å²) in [6, 6.07) is 0. The first-order valence-electron chi connectivity index (χ1n) is 5.05. The molecule has 1 fully saturated rings. The summed E-state index contributed by atoms with van der Waals surface area (Å²) in [6.07, 6.45) is 5.56. The van der Waals surface area contributed by atoms with Crippen LogP contribution in [-0.4, -0.2) is 32.4 Å². The van der Waals surface area contributed by atoms with Gasteiger partial charge < -0.3 is 4.90 Å². The van der Waals surface area contributed by atoms with E-state index in [4.69, 9.17) is 0 Å². The molecule has 0 bridgehead atoms. The average Bonchev–Trinajstić information content (AvgIpc) is 2.04. The molecule has 0 radical (unpaired) electrons. The molecule has 1 rings (SSSR count). The Morgan fingerprint density at radius 2 is 2.00 bits per heavy atom. The van der Waals surface area contributed by atoms with Gasteiger partial charge in [0.1, 0.15) is 7.85 Å². The Morgan fingerprint density at radius 1 is 1.36 bits per heavy atom. The molecule has 0 amide bonds. The monoisotopic (exact) mass is 153 g/mol. The third-order valence-corrected chi connectivity index (χ3v) is 2.70. The summed E-state index contributed by atoms with van der Waals surface area (Å²) in [5, 5.41) is 0. The highest BCUT2D eigenvalue weighted by atomic mass is 15.1. The highest BCUT2D eigenvalue weighted by Crippen LogP contribution is 2.15. The van der Waals surface area contributed by atoms with Crippen molar-refractivity contribution in [2.75, 3.05) is 19.6 Å². The summed E-state index contributed by atoms with van der Waals surface area (Å²) in [5.74, 6) is 0.980. The van der Waals surface area contributed by atoms with Gasteiger partial charge in [-0.15, -0.1) is 0 Å². The van der Waals surface area contributed by atoms with E-state index < -0.39 is 0 Å². The summed E-state index contributed by atoms with van der Waals surface area (Å²) >= 11 is 0. The molecule has 0 aromatic rings. The minimum atomic E-state index is 0.980. The lowest BCUT2D eigenvalue weighted by atomic mass is 9.97. The summed E-state index contributed by atoms with van der Waals surface area (Å²) in [7, 11) is 2.27. The van der Waals surface area contributed by atoms with Crippen molar-refractivity contribution in [3.8, 4) is 0 Å². The van der Waals surface area contributed by atoms with Crippen molar-refractivity contribution in [2.24, 2.45) is 5.92 Å². The van der Waals surface area contributed by atoms with Gasteiger partial charge in [0.25, 0.3) is 0 Å². The number of piperidine rings is 1. The molecule has 64 valence electrons. The molecule has 2 heteroatoms. The van der Waals surface area contributed by atoms with E-state index in [-0.39, 0.29) is 0 Å². The van der Waals surface area contributed by atoms with Crippen LogP contribution in [0.15, 0.2) is 0 Å². The van der Waals surface area contributed by atoms with Crippen LogP contribution in [0.2, 0.25) is 6.32 Å². The Labute approximate surface area is 71.6 Å². The number of hydrogen-bond acceptors (Lipinski definition) is 1. The molecule has 1 nitrogen and oxygen atoms in total. The third kappa shape index (κ3) is 3.28. The van der Waals surface area contributed by atoms with Crippen LogP contribution in [0.3, 0.4) is 0 Å². The zero-order valence-electron chi connectivity index (χ0n) is 7.97. The highest BCUT2D eigenvalue weighted by Gasteiger charge is 2.14. The van der Waals surface area contributed by atoms with Gasteiger partial charge in [0.15, 0.2) is 0 Å². The normalized spacial score (nSPS) is 22.3. The van der Waals surface area contributed by atoms with Crippen LogP contribution in [0.4, 0.5) is 0 Å². The molecular weight excluding hydrogens is 133 g/mol. The van der Waals surface area contributed by atoms with Crippen LogP contribution in [-0.2, 0) is 0 Å². The maximum Gasteiger partial charge on any atom is 0.101 e. The fourth-order valence-corrected chi connectivity index (χ4v) is 1.67. The summed E-state index contributed by atoms with van der Waals surface area (Å²) in [6.45, 7) is 6.41. The van der Waals surface area contributed by atoms with Crippen molar-refractivity contribution in [1.82, 2.24) is 4.90 Å². The van der Waals surface area contributed by atoms with Crippen molar-refractivity contribution >= 4 is 7.85 Å². The second-order valence-electron chi connectivity index (χ2n) is 3.88. The average molecular weight is 153 g/mol. The highest BCUT2D eigenvalue weighted by molar-refractivity contribution is 6.08. The second-order valence-corrected chi connectivity index (χ2v) is 3.88. The zero-order chi connectivity index (χ0) is 8.10. The smallest absolute Gasteiger partial charge is 0.101 e. The van der Waals surface area contributed by atoms with Gasteiger partial charge in [-0.1, -0.05) is 13.2 Å². The zero-order valence-corrected chi connectivity index (χ0v) is 7.97. The van der Waals surface area contributed by atoms with Crippen molar-refractivity contribution in [3.05, 3.63) is 0 Å². The SMILES string of the molecule is BCCCN1CCC(C)CC1. The van der Waals surface area contributed by atoms with E-state index >= 15 is 0 Å². The first-order valence-corrected chi connectivity index (χ1v) is 5.05. The Hall–Kier alpha value is 0.0249. The molecule has 0 saturated carbocycles. The van der Waals surface area contributed by atoms with Crippen LogP contribution in [0, 0.1) is 5.92 Å². The van der Waals surface area contributed by atoms with Crippen LogP contribution < -0.4 is 0 Å². The Morgan fingerprint density at radius 3 is 2.55 bits per heavy atom. The van der Waals surface area contributed by atoms with Crippen LogP contribution in [0.25, 0.3) is 0 Å². The Balaban J connectivity index is 2.07. The van der Waals surface area contributed by atoms with Gasteiger partial charge in [0.05, 0.1) is 0 Å². The molecule has 1 aliphatic rings. The topological polar surface area (TPSA) is 3.24 Å². The number of nitrogens with zero attached hydrogens (tertiary/aromatic N) is 1. The maximum atomic E-state index is 2.61. The molecular formula is C9H20BN. The standard InChI is InChI=1S/C9H20BN/c1-9-3-7-11(8-4-9)6-2-5-10/h9H,2-8,10H2,1H3. The van der Waals surface area contributed by atoms with E-state index in [0.717, 1.165) is 5.92 Å². The molecule has 0 aliphatic carbocycles. The van der Waals surface area contributed by atoms with E-state index in [1.165, 1.54) is 45.2 Å². The van der Waals surface area contributed by atoms with Gasteiger partial charge in [-0.3, -0.25) is 0 Å². The minimum absolute atomic E-state index is 0.980. The summed E-state index contributed by atoms with van der Waals surface area (Å²) < 4.78 is 0. The van der Waals surface area contributed by atoms with Gasteiger partial charge in [-0.25, -0.2) is 0 Å². The van der Waals surface area contributed by atoms with Gasteiger partial charge in [0.2, 0.25) is 0 Å². The first kappa shape index (κ1) is 9.12. The third-order valence-electron chi connectivity index (χ3n) is 2.70. The van der Waals surface area contributed by atoms with Crippen LogP contribution in [0.5, 0.6) is 0 Å². The fourth-order valence-electron chi connectivity index (χ4n) is 1.67. The Bertz CT molecular complexity index is 95.0. The molecule has 0 atom stereocenters. The van der Waals surface area contributed by atoms with Gasteiger partial charge >= 0.3 is 0 Å². The largest absolute Gasteiger partial charge is 0.303 e. The lowest BCUT2D eigenvalue weighted by Crippen LogP contribution is -2.33. The van der Waals surface area contributed by atoms with Crippen molar-refractivity contribution < 1.29 is 0 Å². The van der Waals surface area contributed by atoms with Gasteiger partial charge in [-0.05, 0) is 44.8 Å². The predicted octanol–water partition coefficient (Wildman–Crippen LogP) is 1.16. The molecule has 1 saturated heterocycles. The molecule has 11 heavy (non-hydrogen) atoms. The van der Waals surface area contributed by atoms with Gasteiger partial charge in [0, 0.05) is 0 Å². The number of hydrogen-bond donors (Lipinski definition) is 0. The predicted molar refractivity (Wildman–Crippen MR) is 52.8 cm³/mol. The van der Waals surface area contributed by atoms with Crippen molar-refractivity contribution in [3.63, 3.8) is 0 Å². The quantitative estimate of drug-likeness (QED) is 0.550.